The molecular formula is C18H31ClNO2+. The van der Waals surface area contributed by atoms with Crippen LogP contribution in [0.25, 0.3) is 0 Å². The third-order valence-corrected chi connectivity index (χ3v) is 3.67. The predicted molar refractivity (Wildman–Crippen MR) is 92.1 cm³/mol. The molecule has 1 aromatic carbocycles. The molecule has 0 saturated heterocycles. The average molecular weight is 329 g/mol. The first kappa shape index (κ1) is 19.4. The first-order valence-corrected chi connectivity index (χ1v) is 8.30. The van der Waals surface area contributed by atoms with Crippen LogP contribution in [0.5, 0.6) is 0 Å². The van der Waals surface area contributed by atoms with Crippen molar-refractivity contribution in [2.24, 2.45) is 5.41 Å². The summed E-state index contributed by atoms with van der Waals surface area (Å²) in [5.74, 6) is 0. The van der Waals surface area contributed by atoms with Gasteiger partial charge in [0, 0.05) is 11.4 Å². The minimum absolute atomic E-state index is 0.120. The Morgan fingerprint density at radius 2 is 1.73 bits per heavy atom. The molecule has 126 valence electrons. The predicted octanol–water partition coefficient (Wildman–Crippen LogP) is 3.00. The SMILES string of the molecule is CC(C)(C)CC(C)(C)[NH2+]C[C@H](O)COCc1ccc(Cl)cc1. The van der Waals surface area contributed by atoms with E-state index in [-0.39, 0.29) is 11.0 Å². The van der Waals surface area contributed by atoms with E-state index in [0.29, 0.717) is 19.8 Å². The quantitative estimate of drug-likeness (QED) is 0.770. The Kier molecular flexibility index (Phi) is 7.33. The molecule has 1 atom stereocenters. The molecular weight excluding hydrogens is 298 g/mol. The lowest BCUT2D eigenvalue weighted by Crippen LogP contribution is -2.97. The second-order valence-corrected chi connectivity index (χ2v) is 8.40. The van der Waals surface area contributed by atoms with Crippen molar-refractivity contribution in [2.45, 2.75) is 59.3 Å². The molecule has 4 heteroatoms. The van der Waals surface area contributed by atoms with Crippen LogP contribution in [-0.4, -0.2) is 29.9 Å². The molecule has 3 N–H and O–H groups in total. The number of hydrogen-bond acceptors (Lipinski definition) is 2. The van der Waals surface area contributed by atoms with Crippen LogP contribution in [0.1, 0.15) is 46.6 Å². The topological polar surface area (TPSA) is 46.1 Å². The van der Waals surface area contributed by atoms with Gasteiger partial charge in [0.15, 0.2) is 0 Å². The van der Waals surface area contributed by atoms with Gasteiger partial charge in [-0.3, -0.25) is 0 Å². The first-order valence-electron chi connectivity index (χ1n) is 7.92. The van der Waals surface area contributed by atoms with Gasteiger partial charge in [-0.2, -0.15) is 0 Å². The number of aliphatic hydroxyl groups is 1. The maximum Gasteiger partial charge on any atom is 0.126 e. The van der Waals surface area contributed by atoms with Gasteiger partial charge in [-0.05, 0) is 37.0 Å². The van der Waals surface area contributed by atoms with Crippen LogP contribution in [-0.2, 0) is 11.3 Å². The van der Waals surface area contributed by atoms with E-state index in [1.54, 1.807) is 0 Å². The minimum atomic E-state index is -0.452. The van der Waals surface area contributed by atoms with E-state index in [2.05, 4.69) is 39.9 Å². The van der Waals surface area contributed by atoms with Crippen molar-refractivity contribution >= 4 is 11.6 Å². The summed E-state index contributed by atoms with van der Waals surface area (Å²) < 4.78 is 5.57. The zero-order chi connectivity index (χ0) is 16.8. The van der Waals surface area contributed by atoms with Crippen LogP contribution >= 0.6 is 11.6 Å². The fourth-order valence-electron chi connectivity index (χ4n) is 2.86. The molecule has 0 aliphatic carbocycles. The number of halogens is 1. The number of ether oxygens (including phenoxy) is 1. The monoisotopic (exact) mass is 328 g/mol. The maximum atomic E-state index is 10.1. The molecule has 1 aromatic rings. The van der Waals surface area contributed by atoms with Gasteiger partial charge in [-0.25, -0.2) is 0 Å². The molecule has 0 aliphatic rings. The van der Waals surface area contributed by atoms with E-state index in [1.807, 2.05) is 24.3 Å². The summed E-state index contributed by atoms with van der Waals surface area (Å²) in [7, 11) is 0. The Balaban J connectivity index is 2.25. The molecule has 3 nitrogen and oxygen atoms in total. The number of aliphatic hydroxyl groups excluding tert-OH is 1. The van der Waals surface area contributed by atoms with Gasteiger partial charge < -0.3 is 15.2 Å². The summed E-state index contributed by atoms with van der Waals surface area (Å²) in [4.78, 5) is 0. The molecule has 0 radical (unpaired) electrons. The van der Waals surface area contributed by atoms with E-state index in [4.69, 9.17) is 16.3 Å². The van der Waals surface area contributed by atoms with Gasteiger partial charge in [0.1, 0.15) is 12.6 Å². The van der Waals surface area contributed by atoms with E-state index >= 15 is 0 Å². The Morgan fingerprint density at radius 1 is 1.14 bits per heavy atom. The summed E-state index contributed by atoms with van der Waals surface area (Å²) in [5, 5.41) is 13.0. The standard InChI is InChI=1S/C18H30ClNO2/c1-17(2,3)13-18(4,5)20-10-16(21)12-22-11-14-6-8-15(19)9-7-14/h6-9,16,20-21H,10-13H2,1-5H3/p+1/t16-/m0/s1. The van der Waals surface area contributed by atoms with Crippen LogP contribution < -0.4 is 5.32 Å². The highest BCUT2D eigenvalue weighted by Gasteiger charge is 2.28. The van der Waals surface area contributed by atoms with E-state index < -0.39 is 6.10 Å². The second kappa shape index (κ2) is 8.30. The van der Waals surface area contributed by atoms with Gasteiger partial charge in [0.25, 0.3) is 0 Å². The molecule has 0 bridgehead atoms. The van der Waals surface area contributed by atoms with Crippen LogP contribution in [0, 0.1) is 5.41 Å². The van der Waals surface area contributed by atoms with Gasteiger partial charge in [0.2, 0.25) is 0 Å². The smallest absolute Gasteiger partial charge is 0.126 e. The van der Waals surface area contributed by atoms with Crippen molar-refractivity contribution in [3.63, 3.8) is 0 Å². The van der Waals surface area contributed by atoms with Crippen LogP contribution in [0.2, 0.25) is 5.02 Å². The molecule has 0 spiro atoms. The van der Waals surface area contributed by atoms with Crippen molar-refractivity contribution in [1.82, 2.24) is 0 Å². The Labute approximate surface area is 140 Å². The molecule has 22 heavy (non-hydrogen) atoms. The summed E-state index contributed by atoms with van der Waals surface area (Å²) >= 11 is 5.84. The molecule has 0 fully saturated rings. The number of nitrogens with two attached hydrogens (primary N) is 1. The summed E-state index contributed by atoms with van der Waals surface area (Å²) in [5.41, 5.74) is 1.47. The molecule has 0 heterocycles. The van der Waals surface area contributed by atoms with Gasteiger partial charge in [-0.1, -0.05) is 44.5 Å². The zero-order valence-electron chi connectivity index (χ0n) is 14.5. The number of hydrogen-bond donors (Lipinski definition) is 2. The fraction of sp³-hybridized carbons (Fsp3) is 0.667. The fourth-order valence-corrected chi connectivity index (χ4v) is 2.98. The van der Waals surface area contributed by atoms with E-state index in [9.17, 15) is 5.11 Å². The lowest BCUT2D eigenvalue weighted by Gasteiger charge is -2.31. The average Bonchev–Trinajstić information content (AvgIpc) is 2.36. The third-order valence-electron chi connectivity index (χ3n) is 3.42. The first-order chi connectivity index (χ1) is 10.1. The third kappa shape index (κ3) is 8.74. The van der Waals surface area contributed by atoms with Gasteiger partial charge in [-0.15, -0.1) is 0 Å². The van der Waals surface area contributed by atoms with Crippen molar-refractivity contribution in [1.29, 1.82) is 0 Å². The minimum Gasteiger partial charge on any atom is -0.385 e. The van der Waals surface area contributed by atoms with E-state index in [0.717, 1.165) is 17.0 Å². The highest BCUT2D eigenvalue weighted by atomic mass is 35.5. The maximum absolute atomic E-state index is 10.1. The molecule has 0 aliphatic heterocycles. The van der Waals surface area contributed by atoms with Crippen molar-refractivity contribution < 1.29 is 15.2 Å². The van der Waals surface area contributed by atoms with Crippen LogP contribution in [0.4, 0.5) is 0 Å². The number of quaternary nitrogens is 1. The summed E-state index contributed by atoms with van der Waals surface area (Å²) in [6, 6.07) is 7.57. The Morgan fingerprint density at radius 3 is 2.27 bits per heavy atom. The number of rotatable bonds is 8. The normalized spacial score (nSPS) is 14.1. The highest BCUT2D eigenvalue weighted by Crippen LogP contribution is 2.24. The largest absolute Gasteiger partial charge is 0.385 e. The lowest BCUT2D eigenvalue weighted by molar-refractivity contribution is -0.728. The van der Waals surface area contributed by atoms with Crippen molar-refractivity contribution in [2.75, 3.05) is 13.2 Å². The van der Waals surface area contributed by atoms with Crippen LogP contribution in [0.15, 0.2) is 24.3 Å². The van der Waals surface area contributed by atoms with Gasteiger partial charge in [0.05, 0.1) is 18.8 Å². The Bertz CT molecular complexity index is 437. The number of benzene rings is 1. The molecule has 0 amide bonds. The molecule has 0 aromatic heterocycles. The second-order valence-electron chi connectivity index (χ2n) is 7.96. The van der Waals surface area contributed by atoms with E-state index in [1.165, 1.54) is 0 Å². The van der Waals surface area contributed by atoms with Crippen molar-refractivity contribution in [3.05, 3.63) is 34.9 Å². The highest BCUT2D eigenvalue weighted by molar-refractivity contribution is 6.30. The summed E-state index contributed by atoms with van der Waals surface area (Å²) in [6.45, 7) is 12.7. The zero-order valence-corrected chi connectivity index (χ0v) is 15.3. The molecule has 0 unspecified atom stereocenters. The summed E-state index contributed by atoms with van der Waals surface area (Å²) in [6.07, 6.45) is 0.643. The molecule has 1 rings (SSSR count). The van der Waals surface area contributed by atoms with Crippen molar-refractivity contribution in [3.8, 4) is 0 Å². The molecule has 0 saturated carbocycles. The van der Waals surface area contributed by atoms with Crippen LogP contribution in [0.3, 0.4) is 0 Å². The lowest BCUT2D eigenvalue weighted by atomic mass is 9.82. The Hall–Kier alpha value is -0.610. The van der Waals surface area contributed by atoms with Gasteiger partial charge >= 0.3 is 0 Å².